The largest absolute Gasteiger partial charge is 0.376 e. The lowest BCUT2D eigenvalue weighted by Crippen LogP contribution is -2.41. The molecule has 0 radical (unpaired) electrons. The van der Waals surface area contributed by atoms with E-state index in [0.717, 1.165) is 31.6 Å². The van der Waals surface area contributed by atoms with E-state index in [2.05, 4.69) is 72.0 Å². The fourth-order valence-electron chi connectivity index (χ4n) is 4.66. The van der Waals surface area contributed by atoms with Gasteiger partial charge in [-0.1, -0.05) is 72.8 Å². The Morgan fingerprint density at radius 2 is 1.68 bits per heavy atom. The second-order valence-corrected chi connectivity index (χ2v) is 9.00. The zero-order valence-electron chi connectivity index (χ0n) is 19.5. The van der Waals surface area contributed by atoms with Crippen LogP contribution in [0, 0.1) is 0 Å². The van der Waals surface area contributed by atoms with Gasteiger partial charge in [-0.2, -0.15) is 0 Å². The summed E-state index contributed by atoms with van der Waals surface area (Å²) >= 11 is 0. The summed E-state index contributed by atoms with van der Waals surface area (Å²) in [4.78, 5) is 4.73. The molecule has 0 amide bonds. The minimum Gasteiger partial charge on any atom is -0.376 e. The molecule has 4 heteroatoms. The van der Waals surface area contributed by atoms with Crippen molar-refractivity contribution >= 4 is 10.8 Å². The van der Waals surface area contributed by atoms with Crippen LogP contribution in [-0.2, 0) is 29.1 Å². The van der Waals surface area contributed by atoms with E-state index < -0.39 is 0 Å². The standard InChI is InChI=1S/C30H32N2O2/c1-2-6-23(7-3-1)21-33-17-15-28-13-12-27(19-32-28)29-14-16-31-20-30(29)34-22-24-10-11-25-8-4-5-9-26(25)18-24/h1-13,18-19,29-31H,14-17,20-22H2. The highest BCUT2D eigenvalue weighted by atomic mass is 16.5. The molecule has 1 fully saturated rings. The summed E-state index contributed by atoms with van der Waals surface area (Å²) in [6.45, 7) is 3.82. The number of hydrogen-bond donors (Lipinski definition) is 1. The molecular formula is C30H32N2O2. The van der Waals surface area contributed by atoms with Crippen LogP contribution in [0.1, 0.15) is 34.7 Å². The Morgan fingerprint density at radius 3 is 2.53 bits per heavy atom. The molecular weight excluding hydrogens is 420 g/mol. The molecule has 5 rings (SSSR count). The minimum atomic E-state index is 0.141. The van der Waals surface area contributed by atoms with E-state index in [9.17, 15) is 0 Å². The first kappa shape index (κ1) is 22.7. The molecule has 0 saturated carbocycles. The highest BCUT2D eigenvalue weighted by Gasteiger charge is 2.27. The molecule has 174 valence electrons. The normalized spacial score (nSPS) is 18.2. The van der Waals surface area contributed by atoms with Gasteiger partial charge < -0.3 is 14.8 Å². The number of nitrogens with zero attached hydrogens (tertiary/aromatic N) is 1. The summed E-state index contributed by atoms with van der Waals surface area (Å²) in [5.41, 5.74) is 4.75. The first-order chi connectivity index (χ1) is 16.8. The van der Waals surface area contributed by atoms with E-state index >= 15 is 0 Å². The number of ether oxygens (including phenoxy) is 2. The van der Waals surface area contributed by atoms with E-state index in [1.807, 2.05) is 24.4 Å². The number of piperidine rings is 1. The number of rotatable bonds is 9. The Hall–Kier alpha value is -3.05. The average molecular weight is 453 g/mol. The third-order valence-corrected chi connectivity index (χ3v) is 6.59. The number of hydrogen-bond acceptors (Lipinski definition) is 4. The quantitative estimate of drug-likeness (QED) is 0.333. The predicted octanol–water partition coefficient (Wildman–Crippen LogP) is 5.66. The predicted molar refractivity (Wildman–Crippen MR) is 137 cm³/mol. The molecule has 1 aromatic heterocycles. The molecule has 34 heavy (non-hydrogen) atoms. The van der Waals surface area contributed by atoms with Crippen LogP contribution in [-0.4, -0.2) is 30.8 Å². The third kappa shape index (κ3) is 5.89. The van der Waals surface area contributed by atoms with Gasteiger partial charge in [0.15, 0.2) is 0 Å². The highest BCUT2D eigenvalue weighted by molar-refractivity contribution is 5.82. The lowest BCUT2D eigenvalue weighted by molar-refractivity contribution is 0.0106. The fourth-order valence-corrected chi connectivity index (χ4v) is 4.66. The topological polar surface area (TPSA) is 43.4 Å². The van der Waals surface area contributed by atoms with Crippen LogP contribution in [0.3, 0.4) is 0 Å². The minimum absolute atomic E-state index is 0.141. The maximum Gasteiger partial charge on any atom is 0.0773 e. The molecule has 4 nitrogen and oxygen atoms in total. The molecule has 2 atom stereocenters. The van der Waals surface area contributed by atoms with Gasteiger partial charge in [-0.05, 0) is 52.6 Å². The fraction of sp³-hybridized carbons (Fsp3) is 0.300. The van der Waals surface area contributed by atoms with Gasteiger partial charge in [0.25, 0.3) is 0 Å². The van der Waals surface area contributed by atoms with Gasteiger partial charge in [0.2, 0.25) is 0 Å². The Morgan fingerprint density at radius 1 is 0.824 bits per heavy atom. The molecule has 2 unspecified atom stereocenters. The number of fused-ring (bicyclic) bond motifs is 1. The lowest BCUT2D eigenvalue weighted by atomic mass is 9.88. The van der Waals surface area contributed by atoms with Crippen LogP contribution in [0.5, 0.6) is 0 Å². The summed E-state index contributed by atoms with van der Waals surface area (Å²) in [6.07, 6.45) is 4.06. The zero-order chi connectivity index (χ0) is 23.0. The monoisotopic (exact) mass is 452 g/mol. The number of benzene rings is 3. The molecule has 1 saturated heterocycles. The van der Waals surface area contributed by atoms with Crippen molar-refractivity contribution in [3.63, 3.8) is 0 Å². The average Bonchev–Trinajstić information content (AvgIpc) is 2.91. The number of aromatic nitrogens is 1. The van der Waals surface area contributed by atoms with Crippen LogP contribution in [0.2, 0.25) is 0 Å². The maximum absolute atomic E-state index is 6.43. The Kier molecular flexibility index (Phi) is 7.61. The van der Waals surface area contributed by atoms with Crippen molar-refractivity contribution in [3.8, 4) is 0 Å². The van der Waals surface area contributed by atoms with Crippen LogP contribution in [0.15, 0.2) is 91.1 Å². The lowest BCUT2D eigenvalue weighted by Gasteiger charge is -2.32. The molecule has 3 aromatic carbocycles. The van der Waals surface area contributed by atoms with Gasteiger partial charge >= 0.3 is 0 Å². The zero-order valence-corrected chi connectivity index (χ0v) is 19.5. The van der Waals surface area contributed by atoms with E-state index in [1.165, 1.54) is 27.5 Å². The van der Waals surface area contributed by atoms with Crippen LogP contribution in [0.25, 0.3) is 10.8 Å². The Balaban J connectivity index is 1.15. The summed E-state index contributed by atoms with van der Waals surface area (Å²) in [6, 6.07) is 29.7. The molecule has 2 heterocycles. The number of nitrogens with one attached hydrogen (secondary N) is 1. The molecule has 0 aliphatic carbocycles. The van der Waals surface area contributed by atoms with Crippen molar-refractivity contribution in [2.24, 2.45) is 0 Å². The number of pyridine rings is 1. The van der Waals surface area contributed by atoms with Crippen LogP contribution >= 0.6 is 0 Å². The van der Waals surface area contributed by atoms with Gasteiger partial charge in [-0.25, -0.2) is 0 Å². The Labute approximate surface area is 202 Å². The smallest absolute Gasteiger partial charge is 0.0773 e. The summed E-state index contributed by atoms with van der Waals surface area (Å²) in [5, 5.41) is 6.02. The van der Waals surface area contributed by atoms with Crippen LogP contribution in [0.4, 0.5) is 0 Å². The first-order valence-corrected chi connectivity index (χ1v) is 12.2. The van der Waals surface area contributed by atoms with Crippen molar-refractivity contribution in [1.29, 1.82) is 0 Å². The van der Waals surface area contributed by atoms with Crippen molar-refractivity contribution < 1.29 is 9.47 Å². The van der Waals surface area contributed by atoms with Crippen LogP contribution < -0.4 is 5.32 Å². The van der Waals surface area contributed by atoms with Gasteiger partial charge in [0.1, 0.15) is 0 Å². The maximum atomic E-state index is 6.43. The molecule has 1 N–H and O–H groups in total. The van der Waals surface area contributed by atoms with Gasteiger partial charge in [0, 0.05) is 30.8 Å². The summed E-state index contributed by atoms with van der Waals surface area (Å²) in [7, 11) is 0. The molecule has 1 aliphatic rings. The van der Waals surface area contributed by atoms with Crippen molar-refractivity contribution in [3.05, 3.63) is 114 Å². The van der Waals surface area contributed by atoms with Gasteiger partial charge in [-0.15, -0.1) is 0 Å². The SMILES string of the molecule is c1ccc(COCCc2ccc(C3CCNCC3OCc3ccc4ccccc4c3)cn2)cc1. The molecule has 4 aromatic rings. The van der Waals surface area contributed by atoms with Gasteiger partial charge in [0.05, 0.1) is 25.9 Å². The second kappa shape index (κ2) is 11.4. The second-order valence-electron chi connectivity index (χ2n) is 9.00. The van der Waals surface area contributed by atoms with E-state index in [4.69, 9.17) is 14.5 Å². The van der Waals surface area contributed by atoms with E-state index in [-0.39, 0.29) is 6.10 Å². The van der Waals surface area contributed by atoms with Crippen molar-refractivity contribution in [1.82, 2.24) is 10.3 Å². The van der Waals surface area contributed by atoms with Crippen molar-refractivity contribution in [2.45, 2.75) is 38.1 Å². The summed E-state index contributed by atoms with van der Waals surface area (Å²) in [5.74, 6) is 0.359. The Bertz CT molecular complexity index is 1180. The molecule has 0 spiro atoms. The van der Waals surface area contributed by atoms with Gasteiger partial charge in [-0.3, -0.25) is 4.98 Å². The van der Waals surface area contributed by atoms with E-state index in [1.54, 1.807) is 0 Å². The highest BCUT2D eigenvalue weighted by Crippen LogP contribution is 2.28. The third-order valence-electron chi connectivity index (χ3n) is 6.59. The van der Waals surface area contributed by atoms with E-state index in [0.29, 0.717) is 25.7 Å². The van der Waals surface area contributed by atoms with Crippen molar-refractivity contribution in [2.75, 3.05) is 19.7 Å². The summed E-state index contributed by atoms with van der Waals surface area (Å²) < 4.78 is 12.2. The first-order valence-electron chi connectivity index (χ1n) is 12.2. The molecule has 1 aliphatic heterocycles. The molecule has 0 bridgehead atoms.